The van der Waals surface area contributed by atoms with Gasteiger partial charge in [-0.05, 0) is 17.7 Å². The predicted molar refractivity (Wildman–Crippen MR) is 56.9 cm³/mol. The second-order valence-electron chi connectivity index (χ2n) is 2.96. The first-order chi connectivity index (χ1) is 7.13. The van der Waals surface area contributed by atoms with Gasteiger partial charge in [-0.2, -0.15) is 0 Å². The number of hydrogen-bond donors (Lipinski definition) is 1. The molecule has 0 aliphatic heterocycles. The van der Waals surface area contributed by atoms with Gasteiger partial charge in [-0.25, -0.2) is 8.78 Å². The smallest absolute Gasteiger partial charge is 0.224 e. The van der Waals surface area contributed by atoms with Crippen LogP contribution in [0.4, 0.5) is 8.78 Å². The third kappa shape index (κ3) is 3.95. The van der Waals surface area contributed by atoms with Gasteiger partial charge >= 0.3 is 0 Å². The van der Waals surface area contributed by atoms with E-state index in [0.29, 0.717) is 17.4 Å². The molecule has 1 rings (SSSR count). The number of carbonyl (C=O) groups excluding carboxylic acids is 1. The van der Waals surface area contributed by atoms with Gasteiger partial charge in [0.05, 0.1) is 6.42 Å². The molecule has 1 N–H and O–H groups in total. The summed E-state index contributed by atoms with van der Waals surface area (Å²) in [6, 6.07) is 3.44. The quantitative estimate of drug-likeness (QED) is 0.839. The lowest BCUT2D eigenvalue weighted by molar-refractivity contribution is -0.120. The van der Waals surface area contributed by atoms with Gasteiger partial charge < -0.3 is 5.32 Å². The normalized spacial score (nSPS) is 10.1. The summed E-state index contributed by atoms with van der Waals surface area (Å²) < 4.78 is 25.3. The monoisotopic (exact) mass is 277 g/mol. The summed E-state index contributed by atoms with van der Waals surface area (Å²) >= 11 is 3.16. The minimum atomic E-state index is -0.930. The molecule has 0 aliphatic rings. The molecule has 0 unspecified atom stereocenters. The Hall–Kier alpha value is -0.970. The second kappa shape index (κ2) is 5.80. The van der Waals surface area contributed by atoms with Crippen LogP contribution in [0, 0.1) is 11.6 Å². The highest BCUT2D eigenvalue weighted by molar-refractivity contribution is 9.09. The zero-order chi connectivity index (χ0) is 11.3. The highest BCUT2D eigenvalue weighted by atomic mass is 79.9. The van der Waals surface area contributed by atoms with Gasteiger partial charge in [-0.3, -0.25) is 4.79 Å². The molecule has 0 atom stereocenters. The highest BCUT2D eigenvalue weighted by Crippen LogP contribution is 2.08. The van der Waals surface area contributed by atoms with Crippen molar-refractivity contribution in [3.63, 3.8) is 0 Å². The molecule has 0 aliphatic carbocycles. The third-order valence-corrected chi connectivity index (χ3v) is 2.16. The molecule has 1 aromatic carbocycles. The maximum atomic E-state index is 12.8. The van der Waals surface area contributed by atoms with E-state index in [1.54, 1.807) is 0 Å². The lowest BCUT2D eigenvalue weighted by Gasteiger charge is -2.03. The average molecular weight is 278 g/mol. The van der Waals surface area contributed by atoms with Crippen LogP contribution in [0.3, 0.4) is 0 Å². The highest BCUT2D eigenvalue weighted by Gasteiger charge is 2.06. The summed E-state index contributed by atoms with van der Waals surface area (Å²) in [7, 11) is 0. The van der Waals surface area contributed by atoms with Crippen LogP contribution in [0.2, 0.25) is 0 Å². The van der Waals surface area contributed by atoms with Crippen molar-refractivity contribution in [3.8, 4) is 0 Å². The first-order valence-corrected chi connectivity index (χ1v) is 5.52. The van der Waals surface area contributed by atoms with E-state index in [0.717, 1.165) is 12.1 Å². The van der Waals surface area contributed by atoms with Crippen LogP contribution < -0.4 is 5.32 Å². The first-order valence-electron chi connectivity index (χ1n) is 4.40. The Morgan fingerprint density at radius 1 is 1.33 bits per heavy atom. The molecule has 5 heteroatoms. The summed E-state index contributed by atoms with van der Waals surface area (Å²) in [4.78, 5) is 11.2. The van der Waals surface area contributed by atoms with E-state index >= 15 is 0 Å². The maximum absolute atomic E-state index is 12.8. The van der Waals surface area contributed by atoms with Crippen molar-refractivity contribution in [2.75, 3.05) is 11.9 Å². The van der Waals surface area contributed by atoms with Crippen molar-refractivity contribution < 1.29 is 13.6 Å². The molecule has 82 valence electrons. The second-order valence-corrected chi connectivity index (χ2v) is 3.76. The molecular weight excluding hydrogens is 268 g/mol. The van der Waals surface area contributed by atoms with Crippen LogP contribution >= 0.6 is 15.9 Å². The summed E-state index contributed by atoms with van der Waals surface area (Å²) in [6.45, 7) is 0.516. The van der Waals surface area contributed by atoms with Crippen molar-refractivity contribution >= 4 is 21.8 Å². The van der Waals surface area contributed by atoms with Gasteiger partial charge in [0, 0.05) is 11.9 Å². The van der Waals surface area contributed by atoms with Crippen molar-refractivity contribution in [1.82, 2.24) is 5.32 Å². The number of halogens is 3. The van der Waals surface area contributed by atoms with Crippen molar-refractivity contribution in [2.45, 2.75) is 6.42 Å². The van der Waals surface area contributed by atoms with Crippen molar-refractivity contribution in [3.05, 3.63) is 35.4 Å². The minimum Gasteiger partial charge on any atom is -0.355 e. The van der Waals surface area contributed by atoms with Gasteiger partial charge in [-0.15, -0.1) is 0 Å². The third-order valence-electron chi connectivity index (χ3n) is 1.77. The zero-order valence-corrected chi connectivity index (χ0v) is 9.48. The molecule has 1 amide bonds. The number of carbonyl (C=O) groups is 1. The summed E-state index contributed by atoms with van der Waals surface area (Å²) in [5.74, 6) is -2.04. The molecule has 0 aromatic heterocycles. The molecule has 1 aromatic rings. The zero-order valence-electron chi connectivity index (χ0n) is 7.90. The van der Waals surface area contributed by atoms with E-state index in [1.807, 2.05) is 0 Å². The fraction of sp³-hybridized carbons (Fsp3) is 0.300. The fourth-order valence-electron chi connectivity index (χ4n) is 1.08. The van der Waals surface area contributed by atoms with E-state index < -0.39 is 11.6 Å². The number of alkyl halides is 1. The minimum absolute atomic E-state index is 0.0597. The van der Waals surface area contributed by atoms with E-state index in [9.17, 15) is 13.6 Å². The molecular formula is C10H10BrF2NO. The van der Waals surface area contributed by atoms with Gasteiger partial charge in [0.15, 0.2) is 11.6 Å². The van der Waals surface area contributed by atoms with Gasteiger partial charge in [0.1, 0.15) is 0 Å². The van der Waals surface area contributed by atoms with Crippen LogP contribution in [0.5, 0.6) is 0 Å². The Bertz CT molecular complexity index is 357. The topological polar surface area (TPSA) is 29.1 Å². The molecule has 2 nitrogen and oxygen atoms in total. The number of hydrogen-bond acceptors (Lipinski definition) is 1. The van der Waals surface area contributed by atoms with Crippen molar-refractivity contribution in [1.29, 1.82) is 0 Å². The Balaban J connectivity index is 2.57. The largest absolute Gasteiger partial charge is 0.355 e. The number of benzene rings is 1. The molecule has 15 heavy (non-hydrogen) atoms. The molecule has 0 saturated carbocycles. The predicted octanol–water partition coefficient (Wildman–Crippen LogP) is 2.02. The van der Waals surface area contributed by atoms with E-state index in [1.165, 1.54) is 6.07 Å². The van der Waals surface area contributed by atoms with Gasteiger partial charge in [0.25, 0.3) is 0 Å². The van der Waals surface area contributed by atoms with Crippen LogP contribution in [0.25, 0.3) is 0 Å². The van der Waals surface area contributed by atoms with E-state index in [-0.39, 0.29) is 12.3 Å². The Morgan fingerprint density at radius 2 is 2.07 bits per heavy atom. The average Bonchev–Trinajstić information content (AvgIpc) is 2.20. The Morgan fingerprint density at radius 3 is 2.67 bits per heavy atom. The van der Waals surface area contributed by atoms with Crippen LogP contribution in [-0.4, -0.2) is 17.8 Å². The standard InChI is InChI=1S/C10H10BrF2NO/c11-3-4-14-10(15)6-7-1-2-8(12)9(13)5-7/h1-2,5H,3-4,6H2,(H,14,15). The van der Waals surface area contributed by atoms with Gasteiger partial charge in [0.2, 0.25) is 5.91 Å². The van der Waals surface area contributed by atoms with E-state index in [4.69, 9.17) is 0 Å². The molecule has 0 bridgehead atoms. The summed E-state index contributed by atoms with van der Waals surface area (Å²) in [6.07, 6.45) is 0.0597. The van der Waals surface area contributed by atoms with Gasteiger partial charge in [-0.1, -0.05) is 22.0 Å². The molecule has 0 fully saturated rings. The number of rotatable bonds is 4. The molecule has 0 saturated heterocycles. The lowest BCUT2D eigenvalue weighted by Crippen LogP contribution is -2.26. The van der Waals surface area contributed by atoms with E-state index in [2.05, 4.69) is 21.2 Å². The maximum Gasteiger partial charge on any atom is 0.224 e. The molecule has 0 heterocycles. The number of nitrogens with one attached hydrogen (secondary N) is 1. The van der Waals surface area contributed by atoms with Crippen LogP contribution in [-0.2, 0) is 11.2 Å². The molecule has 0 radical (unpaired) electrons. The Kier molecular flexibility index (Phi) is 4.68. The van der Waals surface area contributed by atoms with Crippen molar-refractivity contribution in [2.24, 2.45) is 0 Å². The van der Waals surface area contributed by atoms with Crippen LogP contribution in [0.15, 0.2) is 18.2 Å². The SMILES string of the molecule is O=C(Cc1ccc(F)c(F)c1)NCCBr. The van der Waals surface area contributed by atoms with Crippen LogP contribution in [0.1, 0.15) is 5.56 Å². The summed E-state index contributed by atoms with van der Waals surface area (Å²) in [5.41, 5.74) is 0.459. The Labute approximate surface area is 94.8 Å². The lowest BCUT2D eigenvalue weighted by atomic mass is 10.1. The number of amides is 1. The summed E-state index contributed by atoms with van der Waals surface area (Å²) in [5, 5.41) is 3.28. The fourth-order valence-corrected chi connectivity index (χ4v) is 1.28. The first kappa shape index (κ1) is 12.1. The molecule has 0 spiro atoms.